The molecule has 0 spiro atoms. The van der Waals surface area contributed by atoms with Gasteiger partial charge in [0.05, 0.1) is 10.6 Å². The van der Waals surface area contributed by atoms with E-state index in [9.17, 15) is 13.2 Å². The molecule has 0 aliphatic rings. The largest absolute Gasteiger partial charge is 0.436 e. The van der Waals surface area contributed by atoms with Crippen molar-refractivity contribution in [3.63, 3.8) is 0 Å². The quantitative estimate of drug-likeness (QED) is 0.869. The molecule has 8 heteroatoms. The number of aromatic nitrogens is 1. The van der Waals surface area contributed by atoms with E-state index in [1.54, 1.807) is 26.0 Å². The zero-order valence-corrected chi connectivity index (χ0v) is 12.4. The highest BCUT2D eigenvalue weighted by atomic mass is 32.2. The second-order valence-electron chi connectivity index (χ2n) is 4.52. The zero-order chi connectivity index (χ0) is 15.6. The Hall–Kier alpha value is -2.19. The van der Waals surface area contributed by atoms with Gasteiger partial charge in [-0.2, -0.15) is 0 Å². The minimum atomic E-state index is -3.76. The molecular weight excluding hydrogens is 294 g/mol. The van der Waals surface area contributed by atoms with E-state index in [1.807, 2.05) is 0 Å². The SMILES string of the molecule is Cc1nc(C)c(C(=O)NCc2cccc(S(N)(=O)=O)c2)o1. The first-order chi connectivity index (χ1) is 9.77. The number of hydrogen-bond acceptors (Lipinski definition) is 5. The summed E-state index contributed by atoms with van der Waals surface area (Å²) in [6, 6.07) is 6.05. The van der Waals surface area contributed by atoms with Gasteiger partial charge in [-0.05, 0) is 24.6 Å². The van der Waals surface area contributed by atoms with Crippen LogP contribution in [0.4, 0.5) is 0 Å². The molecule has 0 aliphatic heterocycles. The number of nitrogens with one attached hydrogen (secondary N) is 1. The van der Waals surface area contributed by atoms with Crippen LogP contribution >= 0.6 is 0 Å². The first-order valence-electron chi connectivity index (χ1n) is 6.11. The average molecular weight is 309 g/mol. The summed E-state index contributed by atoms with van der Waals surface area (Å²) in [5.74, 6) is 0.151. The summed E-state index contributed by atoms with van der Waals surface area (Å²) in [5.41, 5.74) is 1.12. The van der Waals surface area contributed by atoms with Gasteiger partial charge < -0.3 is 9.73 Å². The molecule has 2 rings (SSSR count). The summed E-state index contributed by atoms with van der Waals surface area (Å²) in [6.07, 6.45) is 0. The zero-order valence-electron chi connectivity index (χ0n) is 11.6. The second kappa shape index (κ2) is 5.66. The van der Waals surface area contributed by atoms with Gasteiger partial charge in [-0.25, -0.2) is 18.5 Å². The topological polar surface area (TPSA) is 115 Å². The fourth-order valence-electron chi connectivity index (χ4n) is 1.84. The third-order valence-electron chi connectivity index (χ3n) is 2.79. The van der Waals surface area contributed by atoms with Crippen molar-refractivity contribution in [2.45, 2.75) is 25.3 Å². The summed E-state index contributed by atoms with van der Waals surface area (Å²) in [5, 5.41) is 7.70. The maximum atomic E-state index is 11.9. The van der Waals surface area contributed by atoms with Crippen LogP contribution in [0.2, 0.25) is 0 Å². The van der Waals surface area contributed by atoms with Crippen molar-refractivity contribution in [3.8, 4) is 0 Å². The molecular formula is C13H15N3O4S. The van der Waals surface area contributed by atoms with Gasteiger partial charge in [-0.15, -0.1) is 0 Å². The Morgan fingerprint density at radius 2 is 2.10 bits per heavy atom. The number of benzene rings is 1. The lowest BCUT2D eigenvalue weighted by atomic mass is 10.2. The van der Waals surface area contributed by atoms with Crippen molar-refractivity contribution in [1.82, 2.24) is 10.3 Å². The first-order valence-corrected chi connectivity index (χ1v) is 7.66. The van der Waals surface area contributed by atoms with Crippen LogP contribution in [0.15, 0.2) is 33.6 Å². The molecule has 1 heterocycles. The van der Waals surface area contributed by atoms with Crippen LogP contribution in [0.1, 0.15) is 27.7 Å². The molecule has 0 aliphatic carbocycles. The summed E-state index contributed by atoms with van der Waals surface area (Å²) in [6.45, 7) is 3.48. The molecule has 3 N–H and O–H groups in total. The Labute approximate surface area is 122 Å². The third-order valence-corrected chi connectivity index (χ3v) is 3.70. The number of carbonyl (C=O) groups excluding carboxylic acids is 1. The number of oxazole rings is 1. The molecule has 0 bridgehead atoms. The molecule has 1 aromatic heterocycles. The maximum Gasteiger partial charge on any atom is 0.289 e. The van der Waals surface area contributed by atoms with Gasteiger partial charge in [0, 0.05) is 13.5 Å². The van der Waals surface area contributed by atoms with Gasteiger partial charge >= 0.3 is 0 Å². The summed E-state index contributed by atoms with van der Waals surface area (Å²) in [7, 11) is -3.76. The van der Waals surface area contributed by atoms with Crippen LogP contribution in [0.5, 0.6) is 0 Å². The minimum Gasteiger partial charge on any atom is -0.436 e. The molecule has 0 atom stereocenters. The lowest BCUT2D eigenvalue weighted by Crippen LogP contribution is -2.23. The number of amides is 1. The fourth-order valence-corrected chi connectivity index (χ4v) is 2.42. The standard InChI is InChI=1S/C13H15N3O4S/c1-8-12(20-9(2)16-8)13(17)15-7-10-4-3-5-11(6-10)21(14,18)19/h3-6H,7H2,1-2H3,(H,15,17)(H2,14,18,19). The van der Waals surface area contributed by atoms with Crippen LogP contribution in [-0.4, -0.2) is 19.3 Å². The van der Waals surface area contributed by atoms with Gasteiger partial charge in [0.15, 0.2) is 5.89 Å². The minimum absolute atomic E-state index is 0.000870. The molecule has 0 saturated heterocycles. The number of nitrogens with two attached hydrogens (primary N) is 1. The van der Waals surface area contributed by atoms with Gasteiger partial charge in [0.1, 0.15) is 0 Å². The van der Waals surface area contributed by atoms with Crippen LogP contribution < -0.4 is 10.5 Å². The molecule has 0 fully saturated rings. The molecule has 7 nitrogen and oxygen atoms in total. The Balaban J connectivity index is 2.10. The van der Waals surface area contributed by atoms with Crippen molar-refractivity contribution in [2.24, 2.45) is 5.14 Å². The van der Waals surface area contributed by atoms with E-state index in [1.165, 1.54) is 12.1 Å². The molecule has 2 aromatic rings. The van der Waals surface area contributed by atoms with Crippen molar-refractivity contribution < 1.29 is 17.6 Å². The monoisotopic (exact) mass is 309 g/mol. The average Bonchev–Trinajstić information content (AvgIpc) is 2.74. The van der Waals surface area contributed by atoms with Gasteiger partial charge in [-0.1, -0.05) is 12.1 Å². The number of rotatable bonds is 4. The lowest BCUT2D eigenvalue weighted by Gasteiger charge is -2.05. The third kappa shape index (κ3) is 3.67. The molecule has 21 heavy (non-hydrogen) atoms. The summed E-state index contributed by atoms with van der Waals surface area (Å²) < 4.78 is 27.7. The lowest BCUT2D eigenvalue weighted by molar-refractivity contribution is 0.0921. The molecule has 0 unspecified atom stereocenters. The van der Waals surface area contributed by atoms with Crippen molar-refractivity contribution in [3.05, 3.63) is 47.2 Å². The first kappa shape index (κ1) is 15.2. The van der Waals surface area contributed by atoms with Gasteiger partial charge in [-0.3, -0.25) is 4.79 Å². The number of sulfonamides is 1. The Bertz CT molecular complexity index is 780. The van der Waals surface area contributed by atoms with E-state index in [4.69, 9.17) is 9.56 Å². The van der Waals surface area contributed by atoms with E-state index < -0.39 is 15.9 Å². The predicted octanol–water partition coefficient (Wildman–Crippen LogP) is 0.869. The number of carbonyl (C=O) groups is 1. The molecule has 112 valence electrons. The van der Waals surface area contributed by atoms with Crippen LogP contribution in [-0.2, 0) is 16.6 Å². The summed E-state index contributed by atoms with van der Waals surface area (Å²) in [4.78, 5) is 16.0. The predicted molar refractivity (Wildman–Crippen MR) is 75.0 cm³/mol. The maximum absolute atomic E-state index is 11.9. The number of primary sulfonamides is 1. The molecule has 0 saturated carbocycles. The van der Waals surface area contributed by atoms with Gasteiger partial charge in [0.2, 0.25) is 15.8 Å². The normalized spacial score (nSPS) is 11.4. The van der Waals surface area contributed by atoms with Crippen LogP contribution in [0.3, 0.4) is 0 Å². The molecule has 1 aromatic carbocycles. The van der Waals surface area contributed by atoms with E-state index in [0.717, 1.165) is 0 Å². The highest BCUT2D eigenvalue weighted by Crippen LogP contribution is 2.11. The van der Waals surface area contributed by atoms with E-state index in [2.05, 4.69) is 10.3 Å². The van der Waals surface area contributed by atoms with Crippen molar-refractivity contribution in [2.75, 3.05) is 0 Å². The van der Waals surface area contributed by atoms with E-state index >= 15 is 0 Å². The van der Waals surface area contributed by atoms with Crippen molar-refractivity contribution in [1.29, 1.82) is 0 Å². The van der Waals surface area contributed by atoms with E-state index in [0.29, 0.717) is 17.1 Å². The molecule has 1 amide bonds. The molecule has 0 radical (unpaired) electrons. The number of hydrogen-bond donors (Lipinski definition) is 2. The number of nitrogens with zero attached hydrogens (tertiary/aromatic N) is 1. The van der Waals surface area contributed by atoms with E-state index in [-0.39, 0.29) is 17.2 Å². The van der Waals surface area contributed by atoms with Crippen molar-refractivity contribution >= 4 is 15.9 Å². The van der Waals surface area contributed by atoms with Gasteiger partial charge in [0.25, 0.3) is 5.91 Å². The highest BCUT2D eigenvalue weighted by molar-refractivity contribution is 7.89. The Morgan fingerprint density at radius 3 is 2.67 bits per heavy atom. The smallest absolute Gasteiger partial charge is 0.289 e. The summed E-state index contributed by atoms with van der Waals surface area (Å²) >= 11 is 0. The Kier molecular flexibility index (Phi) is 4.10. The fraction of sp³-hybridized carbons (Fsp3) is 0.231. The Morgan fingerprint density at radius 1 is 1.38 bits per heavy atom. The second-order valence-corrected chi connectivity index (χ2v) is 6.08. The number of aryl methyl sites for hydroxylation is 2. The van der Waals surface area contributed by atoms with Crippen LogP contribution in [0, 0.1) is 13.8 Å². The highest BCUT2D eigenvalue weighted by Gasteiger charge is 2.15. The van der Waals surface area contributed by atoms with Crippen LogP contribution in [0.25, 0.3) is 0 Å².